The monoisotopic (exact) mass is 262 g/mol. The Morgan fingerprint density at radius 2 is 1.89 bits per heavy atom. The number of carboxylic acid groups (broad SMARTS) is 1. The average molecular weight is 262 g/mol. The minimum absolute atomic E-state index is 0.125. The van der Waals surface area contributed by atoms with Gasteiger partial charge < -0.3 is 15.3 Å². The van der Waals surface area contributed by atoms with Gasteiger partial charge in [0.15, 0.2) is 0 Å². The Labute approximate surface area is 112 Å². The molecule has 0 saturated carbocycles. The highest BCUT2D eigenvalue weighted by Gasteiger charge is 2.29. The highest BCUT2D eigenvalue weighted by Crippen LogP contribution is 2.23. The number of hydrogen-bond acceptors (Lipinski definition) is 2. The second kappa shape index (κ2) is 5.30. The summed E-state index contributed by atoms with van der Waals surface area (Å²) in [6.45, 7) is 4.93. The SMILES string of the molecule is CC1CC(C)N(C(=O)Nc2ccc(C(=O)O)cc2)C1. The zero-order valence-corrected chi connectivity index (χ0v) is 11.1. The second-order valence-corrected chi connectivity index (χ2v) is 5.15. The summed E-state index contributed by atoms with van der Waals surface area (Å²) in [5.41, 5.74) is 0.822. The van der Waals surface area contributed by atoms with E-state index in [-0.39, 0.29) is 17.6 Å². The van der Waals surface area contributed by atoms with E-state index in [0.717, 1.165) is 13.0 Å². The third-order valence-electron chi connectivity index (χ3n) is 3.43. The Hall–Kier alpha value is -2.04. The van der Waals surface area contributed by atoms with Gasteiger partial charge in [0.1, 0.15) is 0 Å². The number of urea groups is 1. The second-order valence-electron chi connectivity index (χ2n) is 5.15. The van der Waals surface area contributed by atoms with Gasteiger partial charge in [0, 0.05) is 18.3 Å². The summed E-state index contributed by atoms with van der Waals surface area (Å²) < 4.78 is 0. The Morgan fingerprint density at radius 3 is 2.37 bits per heavy atom. The first-order valence-electron chi connectivity index (χ1n) is 6.38. The maximum atomic E-state index is 12.1. The standard InChI is InChI=1S/C14H18N2O3/c1-9-7-10(2)16(8-9)14(19)15-12-5-3-11(4-6-12)13(17)18/h3-6,9-10H,7-8H2,1-2H3,(H,15,19)(H,17,18). The van der Waals surface area contributed by atoms with Gasteiger partial charge in [-0.3, -0.25) is 0 Å². The van der Waals surface area contributed by atoms with E-state index in [0.29, 0.717) is 11.6 Å². The molecule has 1 aromatic carbocycles. The Balaban J connectivity index is 2.01. The predicted octanol–water partition coefficient (Wildman–Crippen LogP) is 2.65. The van der Waals surface area contributed by atoms with Gasteiger partial charge in [0.2, 0.25) is 0 Å². The number of aromatic carboxylic acids is 1. The third kappa shape index (κ3) is 3.05. The lowest BCUT2D eigenvalue weighted by molar-refractivity contribution is 0.0697. The van der Waals surface area contributed by atoms with Gasteiger partial charge in [0.05, 0.1) is 5.56 Å². The molecule has 0 aliphatic carbocycles. The molecular formula is C14H18N2O3. The average Bonchev–Trinajstić information content (AvgIpc) is 2.69. The van der Waals surface area contributed by atoms with Gasteiger partial charge in [-0.15, -0.1) is 0 Å². The van der Waals surface area contributed by atoms with E-state index in [9.17, 15) is 9.59 Å². The van der Waals surface area contributed by atoms with Crippen molar-refractivity contribution in [3.8, 4) is 0 Å². The van der Waals surface area contributed by atoms with E-state index < -0.39 is 5.97 Å². The van der Waals surface area contributed by atoms with Crippen molar-refractivity contribution >= 4 is 17.7 Å². The van der Waals surface area contributed by atoms with Crippen LogP contribution in [0.3, 0.4) is 0 Å². The molecule has 0 bridgehead atoms. The van der Waals surface area contributed by atoms with Crippen LogP contribution in [0.5, 0.6) is 0 Å². The number of hydrogen-bond donors (Lipinski definition) is 2. The quantitative estimate of drug-likeness (QED) is 0.860. The first-order valence-corrected chi connectivity index (χ1v) is 6.38. The van der Waals surface area contributed by atoms with Crippen LogP contribution >= 0.6 is 0 Å². The number of amides is 2. The van der Waals surface area contributed by atoms with Crippen LogP contribution in [0.1, 0.15) is 30.6 Å². The highest BCUT2D eigenvalue weighted by atomic mass is 16.4. The zero-order valence-electron chi connectivity index (χ0n) is 11.1. The fraction of sp³-hybridized carbons (Fsp3) is 0.429. The lowest BCUT2D eigenvalue weighted by atomic mass is 10.1. The summed E-state index contributed by atoms with van der Waals surface area (Å²) in [6.07, 6.45) is 1.02. The number of likely N-dealkylation sites (tertiary alicyclic amines) is 1. The van der Waals surface area contributed by atoms with Crippen LogP contribution < -0.4 is 5.32 Å². The topological polar surface area (TPSA) is 69.6 Å². The highest BCUT2D eigenvalue weighted by molar-refractivity contribution is 5.91. The fourth-order valence-corrected chi connectivity index (χ4v) is 2.47. The van der Waals surface area contributed by atoms with Crippen LogP contribution in [0.15, 0.2) is 24.3 Å². The van der Waals surface area contributed by atoms with Crippen molar-refractivity contribution in [3.63, 3.8) is 0 Å². The van der Waals surface area contributed by atoms with E-state index in [2.05, 4.69) is 12.2 Å². The maximum absolute atomic E-state index is 12.1. The van der Waals surface area contributed by atoms with Crippen molar-refractivity contribution < 1.29 is 14.7 Å². The molecule has 0 radical (unpaired) electrons. The smallest absolute Gasteiger partial charge is 0.335 e. The molecule has 2 rings (SSSR count). The minimum Gasteiger partial charge on any atom is -0.478 e. The summed E-state index contributed by atoms with van der Waals surface area (Å²) in [5.74, 6) is -0.449. The number of nitrogens with zero attached hydrogens (tertiary/aromatic N) is 1. The van der Waals surface area contributed by atoms with Crippen LogP contribution in [-0.4, -0.2) is 34.6 Å². The summed E-state index contributed by atoms with van der Waals surface area (Å²) in [5, 5.41) is 11.6. The van der Waals surface area contributed by atoms with Crippen molar-refractivity contribution in [3.05, 3.63) is 29.8 Å². The van der Waals surface area contributed by atoms with Crippen molar-refractivity contribution in [1.29, 1.82) is 0 Å². The summed E-state index contributed by atoms with van der Waals surface area (Å²) in [6, 6.07) is 6.28. The number of carboxylic acids is 1. The van der Waals surface area contributed by atoms with Crippen LogP contribution in [0, 0.1) is 5.92 Å². The minimum atomic E-state index is -0.972. The molecule has 0 spiro atoms. The first kappa shape index (κ1) is 13.4. The van der Waals surface area contributed by atoms with Crippen LogP contribution in [0.25, 0.3) is 0 Å². The molecule has 2 atom stereocenters. The van der Waals surface area contributed by atoms with Crippen molar-refractivity contribution in [2.75, 3.05) is 11.9 Å². The molecule has 1 aromatic rings. The number of benzene rings is 1. The van der Waals surface area contributed by atoms with Gasteiger partial charge in [-0.2, -0.15) is 0 Å². The number of nitrogens with one attached hydrogen (secondary N) is 1. The molecule has 1 fully saturated rings. The van der Waals surface area contributed by atoms with Gasteiger partial charge >= 0.3 is 12.0 Å². The Morgan fingerprint density at radius 1 is 1.26 bits per heavy atom. The predicted molar refractivity (Wildman–Crippen MR) is 72.4 cm³/mol. The first-order chi connectivity index (χ1) is 8.97. The van der Waals surface area contributed by atoms with Crippen LogP contribution in [-0.2, 0) is 0 Å². The molecule has 0 aromatic heterocycles. The number of carbonyl (C=O) groups is 2. The molecule has 1 saturated heterocycles. The number of anilines is 1. The van der Waals surface area contributed by atoms with E-state index in [1.165, 1.54) is 12.1 Å². The van der Waals surface area contributed by atoms with Gasteiger partial charge in [-0.05, 0) is 43.5 Å². The molecule has 19 heavy (non-hydrogen) atoms. The maximum Gasteiger partial charge on any atom is 0.335 e. The largest absolute Gasteiger partial charge is 0.478 e. The fourth-order valence-electron chi connectivity index (χ4n) is 2.47. The normalized spacial score (nSPS) is 22.3. The van der Waals surface area contributed by atoms with E-state index in [1.54, 1.807) is 12.1 Å². The van der Waals surface area contributed by atoms with Crippen molar-refractivity contribution in [2.45, 2.75) is 26.3 Å². The molecule has 102 valence electrons. The molecule has 1 heterocycles. The third-order valence-corrected chi connectivity index (χ3v) is 3.43. The lowest BCUT2D eigenvalue weighted by Gasteiger charge is -2.21. The van der Waals surface area contributed by atoms with E-state index in [4.69, 9.17) is 5.11 Å². The van der Waals surface area contributed by atoms with E-state index >= 15 is 0 Å². The summed E-state index contributed by atoms with van der Waals surface area (Å²) in [7, 11) is 0. The number of carbonyl (C=O) groups excluding carboxylic acids is 1. The number of rotatable bonds is 2. The van der Waals surface area contributed by atoms with Crippen molar-refractivity contribution in [2.24, 2.45) is 5.92 Å². The van der Waals surface area contributed by atoms with Crippen molar-refractivity contribution in [1.82, 2.24) is 4.90 Å². The van der Waals surface area contributed by atoms with Crippen LogP contribution in [0.4, 0.5) is 10.5 Å². The molecule has 1 aliphatic rings. The van der Waals surface area contributed by atoms with Gasteiger partial charge in [0.25, 0.3) is 0 Å². The molecule has 2 amide bonds. The molecular weight excluding hydrogens is 244 g/mol. The van der Waals surface area contributed by atoms with Crippen LogP contribution in [0.2, 0.25) is 0 Å². The Kier molecular flexibility index (Phi) is 3.74. The molecule has 2 unspecified atom stereocenters. The summed E-state index contributed by atoms with van der Waals surface area (Å²) in [4.78, 5) is 24.6. The zero-order chi connectivity index (χ0) is 14.0. The molecule has 1 aliphatic heterocycles. The van der Waals surface area contributed by atoms with Gasteiger partial charge in [-0.25, -0.2) is 9.59 Å². The Bertz CT molecular complexity index is 484. The lowest BCUT2D eigenvalue weighted by Crippen LogP contribution is -2.37. The van der Waals surface area contributed by atoms with Gasteiger partial charge in [-0.1, -0.05) is 6.92 Å². The molecule has 2 N–H and O–H groups in total. The van der Waals surface area contributed by atoms with E-state index in [1.807, 2.05) is 11.8 Å². The summed E-state index contributed by atoms with van der Waals surface area (Å²) >= 11 is 0. The molecule has 5 heteroatoms. The molecule has 5 nitrogen and oxygen atoms in total.